The van der Waals surface area contributed by atoms with Crippen LogP contribution in [0, 0.1) is 0 Å². The molecule has 2 N–H and O–H groups in total. The normalized spacial score (nSPS) is 16.6. The van der Waals surface area contributed by atoms with Crippen LogP contribution >= 0.6 is 11.3 Å². The van der Waals surface area contributed by atoms with Crippen LogP contribution in [0.15, 0.2) is 53.4 Å². The number of rotatable bonds is 9. The zero-order valence-electron chi connectivity index (χ0n) is 14.8. The Morgan fingerprint density at radius 2 is 2.00 bits per heavy atom. The van der Waals surface area contributed by atoms with E-state index in [4.69, 9.17) is 4.74 Å². The van der Waals surface area contributed by atoms with Gasteiger partial charge in [-0.2, -0.15) is 11.3 Å². The SMILES string of the molecule is CCN(CC)CCOc1ccc(NN2C=CC(c3ccsc3)N2)cc1. The molecule has 0 saturated heterocycles. The molecule has 2 aromatic rings. The van der Waals surface area contributed by atoms with Gasteiger partial charge in [-0.25, -0.2) is 10.5 Å². The molecular formula is C19H26N4OS. The van der Waals surface area contributed by atoms with Crippen molar-refractivity contribution in [3.8, 4) is 5.75 Å². The highest BCUT2D eigenvalue weighted by Gasteiger charge is 2.16. The molecule has 1 aliphatic rings. The summed E-state index contributed by atoms with van der Waals surface area (Å²) in [7, 11) is 0. The molecule has 0 saturated carbocycles. The highest BCUT2D eigenvalue weighted by molar-refractivity contribution is 7.08. The summed E-state index contributed by atoms with van der Waals surface area (Å²) in [5.74, 6) is 0.902. The predicted molar refractivity (Wildman–Crippen MR) is 105 cm³/mol. The number of nitrogens with zero attached hydrogens (tertiary/aromatic N) is 2. The Kier molecular flexibility index (Phi) is 6.33. The topological polar surface area (TPSA) is 39.8 Å². The third kappa shape index (κ3) is 4.98. The van der Waals surface area contributed by atoms with Gasteiger partial charge in [-0.05, 0) is 65.8 Å². The summed E-state index contributed by atoms with van der Waals surface area (Å²) in [5, 5.41) is 6.15. The maximum Gasteiger partial charge on any atom is 0.119 e. The Labute approximate surface area is 153 Å². The molecule has 0 bridgehead atoms. The summed E-state index contributed by atoms with van der Waals surface area (Å²) < 4.78 is 5.82. The van der Waals surface area contributed by atoms with Crippen molar-refractivity contribution < 1.29 is 4.74 Å². The molecular weight excluding hydrogens is 332 g/mol. The first-order chi connectivity index (χ1) is 12.3. The monoisotopic (exact) mass is 358 g/mol. The van der Waals surface area contributed by atoms with Crippen molar-refractivity contribution in [2.45, 2.75) is 19.9 Å². The number of thiophene rings is 1. The smallest absolute Gasteiger partial charge is 0.119 e. The van der Waals surface area contributed by atoms with E-state index in [2.05, 4.69) is 52.5 Å². The second-order valence-corrected chi connectivity index (χ2v) is 6.67. The fraction of sp³-hybridized carbons (Fsp3) is 0.368. The van der Waals surface area contributed by atoms with Crippen LogP contribution < -0.4 is 15.6 Å². The lowest BCUT2D eigenvalue weighted by Gasteiger charge is -2.21. The van der Waals surface area contributed by atoms with Gasteiger partial charge in [-0.3, -0.25) is 5.43 Å². The lowest BCUT2D eigenvalue weighted by Crippen LogP contribution is -2.35. The second kappa shape index (κ2) is 8.89. The molecule has 0 fully saturated rings. The van der Waals surface area contributed by atoms with Gasteiger partial charge in [0.15, 0.2) is 0 Å². The third-order valence-electron chi connectivity index (χ3n) is 4.28. The highest BCUT2D eigenvalue weighted by Crippen LogP contribution is 2.23. The molecule has 2 heterocycles. The van der Waals surface area contributed by atoms with Gasteiger partial charge in [0.05, 0.1) is 11.7 Å². The number of hydrazine groups is 2. The number of hydrogen-bond donors (Lipinski definition) is 2. The van der Waals surface area contributed by atoms with Gasteiger partial charge >= 0.3 is 0 Å². The number of anilines is 1. The van der Waals surface area contributed by atoms with Crippen molar-refractivity contribution in [3.63, 3.8) is 0 Å². The highest BCUT2D eigenvalue weighted by atomic mass is 32.1. The number of likely N-dealkylation sites (N-methyl/N-ethyl adjacent to an activating group) is 1. The lowest BCUT2D eigenvalue weighted by molar-refractivity contribution is 0.223. The average molecular weight is 359 g/mol. The zero-order valence-corrected chi connectivity index (χ0v) is 15.6. The second-order valence-electron chi connectivity index (χ2n) is 5.89. The Bertz CT molecular complexity index is 653. The standard InChI is InChI=1S/C19H26N4OS/c1-3-22(4-2)12-13-24-18-7-5-17(6-8-18)20-23-11-9-19(21-23)16-10-14-25-15-16/h5-11,14-15,19-21H,3-4,12-13H2,1-2H3. The van der Waals surface area contributed by atoms with Crippen LogP contribution in [0.4, 0.5) is 5.69 Å². The minimum Gasteiger partial charge on any atom is -0.492 e. The first kappa shape index (κ1) is 17.8. The summed E-state index contributed by atoms with van der Waals surface area (Å²) >= 11 is 1.71. The summed E-state index contributed by atoms with van der Waals surface area (Å²) in [6.07, 6.45) is 4.15. The van der Waals surface area contributed by atoms with Gasteiger partial charge in [-0.15, -0.1) is 0 Å². The minimum atomic E-state index is 0.224. The molecule has 0 spiro atoms. The van der Waals surface area contributed by atoms with E-state index < -0.39 is 0 Å². The Hall–Kier alpha value is -2.02. The molecule has 134 valence electrons. The lowest BCUT2D eigenvalue weighted by atomic mass is 10.2. The quantitative estimate of drug-likeness (QED) is 0.712. The number of ether oxygens (including phenoxy) is 1. The van der Waals surface area contributed by atoms with Crippen molar-refractivity contribution in [2.75, 3.05) is 31.7 Å². The van der Waals surface area contributed by atoms with Gasteiger partial charge < -0.3 is 9.64 Å². The van der Waals surface area contributed by atoms with Crippen molar-refractivity contribution in [2.24, 2.45) is 0 Å². The van der Waals surface area contributed by atoms with E-state index in [0.717, 1.165) is 31.1 Å². The largest absolute Gasteiger partial charge is 0.492 e. The summed E-state index contributed by atoms with van der Waals surface area (Å²) in [6.45, 7) is 8.14. The van der Waals surface area contributed by atoms with Crippen molar-refractivity contribution >= 4 is 17.0 Å². The third-order valence-corrected chi connectivity index (χ3v) is 4.98. The zero-order chi connectivity index (χ0) is 17.5. The van der Waals surface area contributed by atoms with Crippen molar-refractivity contribution in [1.29, 1.82) is 0 Å². The van der Waals surface area contributed by atoms with Crippen LogP contribution in [0.3, 0.4) is 0 Å². The number of benzene rings is 1. The number of nitrogens with one attached hydrogen (secondary N) is 2. The van der Waals surface area contributed by atoms with Gasteiger partial charge in [0.25, 0.3) is 0 Å². The molecule has 0 aliphatic carbocycles. The summed E-state index contributed by atoms with van der Waals surface area (Å²) in [5.41, 5.74) is 9.02. The van der Waals surface area contributed by atoms with Crippen LogP contribution in [-0.2, 0) is 0 Å². The molecule has 6 heteroatoms. The Morgan fingerprint density at radius 3 is 2.68 bits per heavy atom. The molecule has 1 unspecified atom stereocenters. The maximum absolute atomic E-state index is 5.82. The summed E-state index contributed by atoms with van der Waals surface area (Å²) in [4.78, 5) is 2.35. The van der Waals surface area contributed by atoms with Crippen LogP contribution in [0.1, 0.15) is 25.5 Å². The fourth-order valence-electron chi connectivity index (χ4n) is 2.71. The molecule has 1 atom stereocenters. The van der Waals surface area contributed by atoms with Gasteiger partial charge in [-0.1, -0.05) is 13.8 Å². The molecule has 1 aromatic carbocycles. The van der Waals surface area contributed by atoms with E-state index in [1.807, 2.05) is 35.6 Å². The Balaban J connectivity index is 1.44. The average Bonchev–Trinajstić information content (AvgIpc) is 3.32. The first-order valence-electron chi connectivity index (χ1n) is 8.76. The fourth-order valence-corrected chi connectivity index (χ4v) is 3.41. The Morgan fingerprint density at radius 1 is 1.20 bits per heavy atom. The van der Waals surface area contributed by atoms with E-state index in [0.29, 0.717) is 6.61 Å². The molecule has 3 rings (SSSR count). The van der Waals surface area contributed by atoms with Crippen LogP contribution in [0.5, 0.6) is 5.75 Å². The van der Waals surface area contributed by atoms with E-state index in [1.54, 1.807) is 11.3 Å². The molecule has 0 radical (unpaired) electrons. The molecule has 1 aromatic heterocycles. The molecule has 0 amide bonds. The minimum absolute atomic E-state index is 0.224. The molecule has 25 heavy (non-hydrogen) atoms. The van der Waals surface area contributed by atoms with Crippen LogP contribution in [-0.4, -0.2) is 36.3 Å². The first-order valence-corrected chi connectivity index (χ1v) is 9.70. The van der Waals surface area contributed by atoms with Gasteiger partial charge in [0.1, 0.15) is 12.4 Å². The van der Waals surface area contributed by atoms with E-state index in [-0.39, 0.29) is 6.04 Å². The van der Waals surface area contributed by atoms with E-state index >= 15 is 0 Å². The van der Waals surface area contributed by atoms with Crippen molar-refractivity contribution in [3.05, 3.63) is 58.9 Å². The number of hydrogen-bond acceptors (Lipinski definition) is 6. The van der Waals surface area contributed by atoms with Crippen LogP contribution in [0.25, 0.3) is 0 Å². The summed E-state index contributed by atoms with van der Waals surface area (Å²) in [6, 6.07) is 10.4. The maximum atomic E-state index is 5.82. The van der Waals surface area contributed by atoms with Gasteiger partial charge in [0, 0.05) is 12.7 Å². The van der Waals surface area contributed by atoms with Gasteiger partial charge in [0.2, 0.25) is 0 Å². The van der Waals surface area contributed by atoms with E-state index in [9.17, 15) is 0 Å². The van der Waals surface area contributed by atoms with Crippen LogP contribution in [0.2, 0.25) is 0 Å². The molecule has 5 nitrogen and oxygen atoms in total. The van der Waals surface area contributed by atoms with E-state index in [1.165, 1.54) is 5.56 Å². The molecule has 1 aliphatic heterocycles. The predicted octanol–water partition coefficient (Wildman–Crippen LogP) is 3.87. The van der Waals surface area contributed by atoms with Crippen molar-refractivity contribution in [1.82, 2.24) is 15.4 Å².